The molecule has 0 atom stereocenters. The minimum Gasteiger partial charge on any atom is -0.316 e. The van der Waals surface area contributed by atoms with Crippen molar-refractivity contribution in [3.63, 3.8) is 0 Å². The molecule has 0 aliphatic heterocycles. The van der Waals surface area contributed by atoms with E-state index in [2.05, 4.69) is 10.0 Å². The normalized spacial score (nSPS) is 11.8. The third kappa shape index (κ3) is 3.91. The minimum atomic E-state index is -3.48. The molecule has 0 aliphatic rings. The molecular formula is C15H20N2O2S2. The summed E-state index contributed by atoms with van der Waals surface area (Å²) < 4.78 is 27.4. The smallest absolute Gasteiger partial charge is 0.240 e. The van der Waals surface area contributed by atoms with Crippen LogP contribution in [0.15, 0.2) is 34.5 Å². The van der Waals surface area contributed by atoms with Gasteiger partial charge in [-0.15, -0.1) is 11.3 Å². The van der Waals surface area contributed by atoms with Gasteiger partial charge in [-0.25, -0.2) is 13.1 Å². The number of nitrogens with one attached hydrogen (secondary N) is 2. The summed E-state index contributed by atoms with van der Waals surface area (Å²) >= 11 is 1.56. The molecule has 0 bridgehead atoms. The minimum absolute atomic E-state index is 0.313. The number of thiophene rings is 1. The van der Waals surface area contributed by atoms with Crippen LogP contribution in [0.1, 0.15) is 21.6 Å². The van der Waals surface area contributed by atoms with Crippen LogP contribution in [-0.4, -0.2) is 15.5 Å². The van der Waals surface area contributed by atoms with Gasteiger partial charge in [0.05, 0.1) is 4.90 Å². The summed E-state index contributed by atoms with van der Waals surface area (Å²) in [6, 6.07) is 7.22. The van der Waals surface area contributed by atoms with E-state index in [1.807, 2.05) is 38.4 Å². The molecule has 2 N–H and O–H groups in total. The summed E-state index contributed by atoms with van der Waals surface area (Å²) in [5.74, 6) is 0. The second-order valence-corrected chi connectivity index (χ2v) is 7.74. The first-order valence-corrected chi connectivity index (χ1v) is 9.07. The van der Waals surface area contributed by atoms with Crippen LogP contribution in [0.3, 0.4) is 0 Å². The number of sulfonamides is 1. The van der Waals surface area contributed by atoms with E-state index >= 15 is 0 Å². The van der Waals surface area contributed by atoms with E-state index in [9.17, 15) is 8.42 Å². The zero-order valence-electron chi connectivity index (χ0n) is 12.4. The molecule has 2 rings (SSSR count). The first-order valence-electron chi connectivity index (χ1n) is 6.71. The lowest BCUT2D eigenvalue weighted by molar-refractivity contribution is 0.581. The Kier molecular flexibility index (Phi) is 5.16. The van der Waals surface area contributed by atoms with Crippen LogP contribution in [0.4, 0.5) is 0 Å². The second kappa shape index (κ2) is 6.70. The molecule has 2 aromatic rings. The highest BCUT2D eigenvalue weighted by Gasteiger charge is 2.15. The van der Waals surface area contributed by atoms with Crippen LogP contribution in [0.5, 0.6) is 0 Å². The molecule has 1 aromatic heterocycles. The number of benzene rings is 1. The predicted molar refractivity (Wildman–Crippen MR) is 87.0 cm³/mol. The highest BCUT2D eigenvalue weighted by atomic mass is 32.2. The molecular weight excluding hydrogens is 304 g/mol. The number of hydrogen-bond acceptors (Lipinski definition) is 4. The van der Waals surface area contributed by atoms with Crippen LogP contribution in [-0.2, 0) is 23.1 Å². The molecule has 1 aromatic carbocycles. The molecule has 0 aliphatic carbocycles. The highest BCUT2D eigenvalue weighted by molar-refractivity contribution is 7.89. The van der Waals surface area contributed by atoms with E-state index in [0.717, 1.165) is 21.6 Å². The molecule has 4 nitrogen and oxygen atoms in total. The first-order chi connectivity index (χ1) is 9.94. The average Bonchev–Trinajstić information content (AvgIpc) is 2.85. The summed E-state index contributed by atoms with van der Waals surface area (Å²) in [6.45, 7) is 4.95. The summed E-state index contributed by atoms with van der Waals surface area (Å²) in [5.41, 5.74) is 3.19. The van der Waals surface area contributed by atoms with Crippen molar-refractivity contribution in [1.29, 1.82) is 0 Å². The quantitative estimate of drug-likeness (QED) is 0.858. The lowest BCUT2D eigenvalue weighted by Crippen LogP contribution is -2.23. The average molecular weight is 324 g/mol. The van der Waals surface area contributed by atoms with Gasteiger partial charge in [-0.2, -0.15) is 0 Å². The van der Waals surface area contributed by atoms with E-state index in [1.165, 1.54) is 0 Å². The van der Waals surface area contributed by atoms with Crippen molar-refractivity contribution in [1.82, 2.24) is 10.0 Å². The summed E-state index contributed by atoms with van der Waals surface area (Å²) in [7, 11) is -1.64. The van der Waals surface area contributed by atoms with Crippen molar-refractivity contribution in [2.75, 3.05) is 7.05 Å². The predicted octanol–water partition coefficient (Wildman–Crippen LogP) is 2.56. The van der Waals surface area contributed by atoms with Crippen LogP contribution in [0, 0.1) is 13.8 Å². The van der Waals surface area contributed by atoms with Gasteiger partial charge in [0.15, 0.2) is 0 Å². The van der Waals surface area contributed by atoms with Gasteiger partial charge in [-0.3, -0.25) is 0 Å². The summed E-state index contributed by atoms with van der Waals surface area (Å²) in [6.07, 6.45) is 0. The monoisotopic (exact) mass is 324 g/mol. The maximum absolute atomic E-state index is 12.4. The maximum Gasteiger partial charge on any atom is 0.240 e. The summed E-state index contributed by atoms with van der Waals surface area (Å²) in [4.78, 5) is 1.36. The molecule has 0 fully saturated rings. The number of aryl methyl sites for hydroxylation is 2. The van der Waals surface area contributed by atoms with Crippen LogP contribution in [0.2, 0.25) is 0 Å². The lowest BCUT2D eigenvalue weighted by atomic mass is 10.1. The van der Waals surface area contributed by atoms with E-state index in [4.69, 9.17) is 0 Å². The Morgan fingerprint density at radius 1 is 1.10 bits per heavy atom. The van der Waals surface area contributed by atoms with Gasteiger partial charge in [-0.1, -0.05) is 6.07 Å². The third-order valence-corrected chi connectivity index (χ3v) is 5.81. The van der Waals surface area contributed by atoms with E-state index in [1.54, 1.807) is 23.5 Å². The van der Waals surface area contributed by atoms with Crippen molar-refractivity contribution >= 4 is 21.4 Å². The molecule has 0 saturated heterocycles. The molecule has 0 spiro atoms. The van der Waals surface area contributed by atoms with E-state index < -0.39 is 10.0 Å². The Morgan fingerprint density at radius 2 is 1.86 bits per heavy atom. The zero-order chi connectivity index (χ0) is 15.5. The van der Waals surface area contributed by atoms with Gasteiger partial charge in [0.25, 0.3) is 0 Å². The zero-order valence-corrected chi connectivity index (χ0v) is 14.1. The van der Waals surface area contributed by atoms with Crippen LogP contribution >= 0.6 is 11.3 Å². The van der Waals surface area contributed by atoms with Crippen LogP contribution < -0.4 is 10.0 Å². The summed E-state index contributed by atoms with van der Waals surface area (Å²) in [5, 5.41) is 5.02. The standard InChI is InChI=1S/C15H20N2O2S2/c1-11-4-5-14(8-13(11)9-16-3)21(18,19)17-10-15-12(2)6-7-20-15/h4-8,16-17H,9-10H2,1-3H3. The Bertz CT molecular complexity index is 721. The Balaban J connectivity index is 2.19. The lowest BCUT2D eigenvalue weighted by Gasteiger charge is -2.10. The molecule has 21 heavy (non-hydrogen) atoms. The molecule has 1 heterocycles. The number of hydrogen-bond donors (Lipinski definition) is 2. The Morgan fingerprint density at radius 3 is 2.48 bits per heavy atom. The van der Waals surface area contributed by atoms with Gasteiger partial charge in [0, 0.05) is 18.0 Å². The molecule has 0 unspecified atom stereocenters. The van der Waals surface area contributed by atoms with Crippen LogP contribution in [0.25, 0.3) is 0 Å². The Hall–Kier alpha value is -1.21. The van der Waals surface area contributed by atoms with Gasteiger partial charge >= 0.3 is 0 Å². The largest absolute Gasteiger partial charge is 0.316 e. The third-order valence-electron chi connectivity index (χ3n) is 3.39. The van der Waals surface area contributed by atoms with E-state index in [-0.39, 0.29) is 0 Å². The fourth-order valence-electron chi connectivity index (χ4n) is 2.02. The molecule has 6 heteroatoms. The van der Waals surface area contributed by atoms with Gasteiger partial charge in [0.1, 0.15) is 0 Å². The van der Waals surface area contributed by atoms with Crippen molar-refractivity contribution < 1.29 is 8.42 Å². The van der Waals surface area contributed by atoms with Gasteiger partial charge in [0.2, 0.25) is 10.0 Å². The highest BCUT2D eigenvalue weighted by Crippen LogP contribution is 2.18. The second-order valence-electron chi connectivity index (χ2n) is 4.97. The van der Waals surface area contributed by atoms with Crippen molar-refractivity contribution in [3.8, 4) is 0 Å². The topological polar surface area (TPSA) is 58.2 Å². The van der Waals surface area contributed by atoms with Gasteiger partial charge in [-0.05, 0) is 61.2 Å². The van der Waals surface area contributed by atoms with E-state index in [0.29, 0.717) is 18.0 Å². The molecule has 0 saturated carbocycles. The molecule has 114 valence electrons. The number of rotatable bonds is 6. The molecule has 0 amide bonds. The SMILES string of the molecule is CNCc1cc(S(=O)(=O)NCc2sccc2C)ccc1C. The fourth-order valence-corrected chi connectivity index (χ4v) is 4.01. The maximum atomic E-state index is 12.4. The van der Waals surface area contributed by atoms with Crippen molar-refractivity contribution in [2.45, 2.75) is 31.8 Å². The molecule has 0 radical (unpaired) electrons. The first kappa shape index (κ1) is 16.2. The van der Waals surface area contributed by atoms with Crippen molar-refractivity contribution in [3.05, 3.63) is 51.2 Å². The van der Waals surface area contributed by atoms with Gasteiger partial charge < -0.3 is 5.32 Å². The Labute approximate surface area is 130 Å². The van der Waals surface area contributed by atoms with Crippen molar-refractivity contribution in [2.24, 2.45) is 0 Å². The fraction of sp³-hybridized carbons (Fsp3) is 0.333.